The van der Waals surface area contributed by atoms with Crippen molar-refractivity contribution >= 4 is 16.9 Å². The Kier molecular flexibility index (Phi) is 2.78. The molecular weight excluding hydrogens is 220 g/mol. The van der Waals surface area contributed by atoms with E-state index in [1.807, 2.05) is 6.07 Å². The Balaban J connectivity index is 2.67. The summed E-state index contributed by atoms with van der Waals surface area (Å²) < 4.78 is 9.92. The summed E-state index contributed by atoms with van der Waals surface area (Å²) in [7, 11) is 0. The highest BCUT2D eigenvalue weighted by Gasteiger charge is 2.14. The van der Waals surface area contributed by atoms with Crippen LogP contribution in [0, 0.1) is 6.92 Å². The van der Waals surface area contributed by atoms with Crippen LogP contribution in [-0.4, -0.2) is 5.97 Å². The Bertz CT molecular complexity index is 652. The summed E-state index contributed by atoms with van der Waals surface area (Å²) in [6.45, 7) is 4.97. The van der Waals surface area contributed by atoms with E-state index < -0.39 is 11.6 Å². The van der Waals surface area contributed by atoms with Gasteiger partial charge in [-0.15, -0.1) is 0 Å². The Morgan fingerprint density at radius 1 is 1.41 bits per heavy atom. The molecule has 0 saturated heterocycles. The van der Waals surface area contributed by atoms with Crippen molar-refractivity contribution in [3.63, 3.8) is 0 Å². The number of hydrogen-bond donors (Lipinski definition) is 0. The van der Waals surface area contributed by atoms with Gasteiger partial charge >= 0.3 is 11.6 Å². The molecule has 1 aromatic heterocycles. The first-order valence-electron chi connectivity index (χ1n) is 5.00. The highest BCUT2D eigenvalue weighted by Crippen LogP contribution is 2.23. The SMILES string of the molecule is C=CC(=O)Oc1c(C)c2ccccc2oc1=O. The molecule has 2 rings (SSSR count). The molecule has 0 radical (unpaired) electrons. The number of esters is 1. The molecule has 0 aliphatic carbocycles. The molecule has 1 aromatic carbocycles. The molecule has 0 fully saturated rings. The number of fused-ring (bicyclic) bond motifs is 1. The van der Waals surface area contributed by atoms with Crippen molar-refractivity contribution in [1.29, 1.82) is 0 Å². The second-order valence-electron chi connectivity index (χ2n) is 3.47. The molecule has 0 bridgehead atoms. The summed E-state index contributed by atoms with van der Waals surface area (Å²) >= 11 is 0. The van der Waals surface area contributed by atoms with E-state index >= 15 is 0 Å². The number of hydrogen-bond acceptors (Lipinski definition) is 4. The molecule has 0 N–H and O–H groups in total. The number of para-hydroxylation sites is 1. The fraction of sp³-hybridized carbons (Fsp3) is 0.0769. The van der Waals surface area contributed by atoms with Crippen LogP contribution in [0.25, 0.3) is 11.0 Å². The maximum absolute atomic E-state index is 11.6. The monoisotopic (exact) mass is 230 g/mol. The number of carbonyl (C=O) groups excluding carboxylic acids is 1. The van der Waals surface area contributed by atoms with E-state index in [4.69, 9.17) is 9.15 Å². The number of benzene rings is 1. The van der Waals surface area contributed by atoms with Crippen molar-refractivity contribution in [2.24, 2.45) is 0 Å². The van der Waals surface area contributed by atoms with Crippen molar-refractivity contribution in [2.75, 3.05) is 0 Å². The van der Waals surface area contributed by atoms with Gasteiger partial charge in [0, 0.05) is 17.0 Å². The number of carbonyl (C=O) groups is 1. The third-order valence-electron chi connectivity index (χ3n) is 2.39. The van der Waals surface area contributed by atoms with Crippen LogP contribution in [0.2, 0.25) is 0 Å². The van der Waals surface area contributed by atoms with E-state index in [9.17, 15) is 9.59 Å². The molecule has 0 aliphatic rings. The van der Waals surface area contributed by atoms with Crippen LogP contribution in [-0.2, 0) is 4.79 Å². The van der Waals surface area contributed by atoms with Crippen LogP contribution in [0.4, 0.5) is 0 Å². The predicted molar refractivity (Wildman–Crippen MR) is 63.1 cm³/mol. The molecule has 17 heavy (non-hydrogen) atoms. The zero-order valence-corrected chi connectivity index (χ0v) is 9.23. The summed E-state index contributed by atoms with van der Waals surface area (Å²) in [5, 5.41) is 0.735. The second kappa shape index (κ2) is 4.25. The highest BCUT2D eigenvalue weighted by molar-refractivity contribution is 5.86. The average molecular weight is 230 g/mol. The van der Waals surface area contributed by atoms with Crippen LogP contribution in [0.3, 0.4) is 0 Å². The Morgan fingerprint density at radius 3 is 2.82 bits per heavy atom. The summed E-state index contributed by atoms with van der Waals surface area (Å²) in [4.78, 5) is 22.7. The van der Waals surface area contributed by atoms with Gasteiger partial charge in [-0.25, -0.2) is 9.59 Å². The van der Waals surface area contributed by atoms with Crippen LogP contribution >= 0.6 is 0 Å². The van der Waals surface area contributed by atoms with Crippen LogP contribution in [0.1, 0.15) is 5.56 Å². The van der Waals surface area contributed by atoms with E-state index in [0.29, 0.717) is 11.1 Å². The lowest BCUT2D eigenvalue weighted by molar-refractivity contribution is -0.129. The van der Waals surface area contributed by atoms with Crippen molar-refractivity contribution in [3.05, 3.63) is 52.9 Å². The van der Waals surface area contributed by atoms with Gasteiger partial charge in [0.25, 0.3) is 0 Å². The van der Waals surface area contributed by atoms with Crippen molar-refractivity contribution in [3.8, 4) is 5.75 Å². The minimum absolute atomic E-state index is 0.0893. The zero-order chi connectivity index (χ0) is 12.4. The van der Waals surface area contributed by atoms with Gasteiger partial charge in [0.15, 0.2) is 0 Å². The number of ether oxygens (including phenoxy) is 1. The Labute approximate surface area is 97.1 Å². The van der Waals surface area contributed by atoms with Crippen LogP contribution in [0.5, 0.6) is 5.75 Å². The molecular formula is C13H10O4. The third-order valence-corrected chi connectivity index (χ3v) is 2.39. The van der Waals surface area contributed by atoms with Gasteiger partial charge in [-0.3, -0.25) is 0 Å². The van der Waals surface area contributed by atoms with Gasteiger partial charge in [0.05, 0.1) is 0 Å². The Morgan fingerprint density at radius 2 is 2.12 bits per heavy atom. The highest BCUT2D eigenvalue weighted by atomic mass is 16.5. The largest absolute Gasteiger partial charge is 0.420 e. The van der Waals surface area contributed by atoms with Gasteiger partial charge in [-0.2, -0.15) is 0 Å². The summed E-state index contributed by atoms with van der Waals surface area (Å²) in [6, 6.07) is 7.05. The normalized spacial score (nSPS) is 10.2. The maximum Gasteiger partial charge on any atom is 0.380 e. The fourth-order valence-corrected chi connectivity index (χ4v) is 1.55. The number of rotatable bonds is 2. The molecule has 86 valence electrons. The van der Waals surface area contributed by atoms with Crippen molar-refractivity contribution in [1.82, 2.24) is 0 Å². The molecule has 1 heterocycles. The molecule has 0 amide bonds. The van der Waals surface area contributed by atoms with E-state index in [-0.39, 0.29) is 5.75 Å². The molecule has 0 spiro atoms. The van der Waals surface area contributed by atoms with E-state index in [1.54, 1.807) is 25.1 Å². The smallest absolute Gasteiger partial charge is 0.380 e. The van der Waals surface area contributed by atoms with Gasteiger partial charge in [-0.05, 0) is 13.0 Å². The zero-order valence-electron chi connectivity index (χ0n) is 9.23. The van der Waals surface area contributed by atoms with E-state index in [2.05, 4.69) is 6.58 Å². The third kappa shape index (κ3) is 1.97. The first-order valence-corrected chi connectivity index (χ1v) is 5.00. The molecule has 2 aromatic rings. The van der Waals surface area contributed by atoms with Gasteiger partial charge in [0.2, 0.25) is 5.75 Å². The number of aryl methyl sites for hydroxylation is 1. The summed E-state index contributed by atoms with van der Waals surface area (Å²) in [6.07, 6.45) is 0.994. The van der Waals surface area contributed by atoms with E-state index in [1.165, 1.54) is 0 Å². The average Bonchev–Trinajstić information content (AvgIpc) is 2.34. The van der Waals surface area contributed by atoms with E-state index in [0.717, 1.165) is 11.5 Å². The molecule has 0 atom stereocenters. The first kappa shape index (κ1) is 11.1. The lowest BCUT2D eigenvalue weighted by Crippen LogP contribution is -2.13. The lowest BCUT2D eigenvalue weighted by atomic mass is 10.1. The van der Waals surface area contributed by atoms with Gasteiger partial charge in [-0.1, -0.05) is 24.8 Å². The fourth-order valence-electron chi connectivity index (χ4n) is 1.55. The molecule has 0 saturated carbocycles. The van der Waals surface area contributed by atoms with Gasteiger partial charge in [0.1, 0.15) is 5.58 Å². The minimum atomic E-state index is -0.685. The first-order chi connectivity index (χ1) is 8.13. The summed E-state index contributed by atoms with van der Waals surface area (Å²) in [5.41, 5.74) is 0.372. The molecule has 0 aliphatic heterocycles. The van der Waals surface area contributed by atoms with Crippen molar-refractivity contribution < 1.29 is 13.9 Å². The molecule has 4 nitrogen and oxygen atoms in total. The van der Waals surface area contributed by atoms with Crippen LogP contribution < -0.4 is 10.4 Å². The van der Waals surface area contributed by atoms with Crippen molar-refractivity contribution in [2.45, 2.75) is 6.92 Å². The second-order valence-corrected chi connectivity index (χ2v) is 3.47. The Hall–Kier alpha value is -2.36. The molecule has 0 unspecified atom stereocenters. The quantitative estimate of drug-likeness (QED) is 0.451. The maximum atomic E-state index is 11.6. The predicted octanol–water partition coefficient (Wildman–Crippen LogP) is 2.19. The van der Waals surface area contributed by atoms with Crippen LogP contribution in [0.15, 0.2) is 46.1 Å². The summed E-state index contributed by atoms with van der Waals surface area (Å²) in [5.74, 6) is -0.774. The lowest BCUT2D eigenvalue weighted by Gasteiger charge is -2.06. The topological polar surface area (TPSA) is 56.5 Å². The minimum Gasteiger partial charge on any atom is -0.420 e. The molecule has 4 heteroatoms. The van der Waals surface area contributed by atoms with Gasteiger partial charge < -0.3 is 9.15 Å². The standard InChI is InChI=1S/C13H10O4/c1-3-11(14)17-12-8(2)9-6-4-5-7-10(9)16-13(12)15/h3-7H,1H2,2H3.